The van der Waals surface area contributed by atoms with Gasteiger partial charge >= 0.3 is 0 Å². The van der Waals surface area contributed by atoms with Gasteiger partial charge in [0.15, 0.2) is 0 Å². The first-order chi connectivity index (χ1) is 9.74. The quantitative estimate of drug-likeness (QED) is 0.397. The van der Waals surface area contributed by atoms with Crippen LogP contribution in [0.5, 0.6) is 0 Å². The van der Waals surface area contributed by atoms with Crippen molar-refractivity contribution in [2.45, 2.75) is 34.6 Å². The summed E-state index contributed by atoms with van der Waals surface area (Å²) in [6.07, 6.45) is 0. The SMILES string of the molecule is CC(=O)O.CC(=O)O.CC(=O)O.CC(=O)O.CC(CN)CN. The van der Waals surface area contributed by atoms with Crippen LogP contribution in [0.25, 0.3) is 0 Å². The second-order valence-electron chi connectivity index (χ2n) is 3.65. The van der Waals surface area contributed by atoms with Gasteiger partial charge in [0.2, 0.25) is 0 Å². The van der Waals surface area contributed by atoms with E-state index in [1.54, 1.807) is 0 Å². The highest BCUT2D eigenvalue weighted by molar-refractivity contribution is 5.63. The molecule has 0 saturated heterocycles. The standard InChI is InChI=1S/C4H12N2.4C2H4O2/c1-4(2-5)3-6;4*1-2(3)4/h4H,2-3,5-6H2,1H3;4*1H3,(H,3,4). The van der Waals surface area contributed by atoms with Crippen molar-refractivity contribution in [2.24, 2.45) is 17.4 Å². The Bertz CT molecular complexity index is 227. The molecule has 0 bridgehead atoms. The van der Waals surface area contributed by atoms with Crippen LogP contribution in [0.3, 0.4) is 0 Å². The van der Waals surface area contributed by atoms with Crippen LogP contribution >= 0.6 is 0 Å². The van der Waals surface area contributed by atoms with E-state index >= 15 is 0 Å². The van der Waals surface area contributed by atoms with Crippen LogP contribution in [0, 0.1) is 5.92 Å². The molecule has 22 heavy (non-hydrogen) atoms. The number of hydrogen-bond acceptors (Lipinski definition) is 6. The lowest BCUT2D eigenvalue weighted by atomic mass is 10.2. The third-order valence-corrected chi connectivity index (χ3v) is 0.805. The Morgan fingerprint density at radius 2 is 0.773 bits per heavy atom. The Morgan fingerprint density at radius 3 is 0.773 bits per heavy atom. The molecule has 134 valence electrons. The van der Waals surface area contributed by atoms with Gasteiger partial charge < -0.3 is 31.9 Å². The van der Waals surface area contributed by atoms with Crippen molar-refractivity contribution in [1.29, 1.82) is 0 Å². The van der Waals surface area contributed by atoms with E-state index in [2.05, 4.69) is 0 Å². The summed E-state index contributed by atoms with van der Waals surface area (Å²) in [6.45, 7) is 7.77. The summed E-state index contributed by atoms with van der Waals surface area (Å²) in [5.74, 6) is -2.84. The number of nitrogens with two attached hydrogens (primary N) is 2. The van der Waals surface area contributed by atoms with Crippen molar-refractivity contribution in [3.8, 4) is 0 Å². The Balaban J connectivity index is -0.0000000555. The number of hydrogen-bond donors (Lipinski definition) is 6. The average molecular weight is 328 g/mol. The highest BCUT2D eigenvalue weighted by Crippen LogP contribution is 1.81. The molecular weight excluding hydrogens is 300 g/mol. The lowest BCUT2D eigenvalue weighted by Crippen LogP contribution is -2.19. The van der Waals surface area contributed by atoms with Crippen molar-refractivity contribution in [3.05, 3.63) is 0 Å². The van der Waals surface area contributed by atoms with Crippen LogP contribution in [0.2, 0.25) is 0 Å². The van der Waals surface area contributed by atoms with Crippen LogP contribution in [0.15, 0.2) is 0 Å². The molecule has 0 rings (SSSR count). The molecule has 0 heterocycles. The van der Waals surface area contributed by atoms with Crippen LogP contribution in [-0.2, 0) is 19.2 Å². The summed E-state index contributed by atoms with van der Waals surface area (Å²) in [5, 5.41) is 29.7. The van der Waals surface area contributed by atoms with Gasteiger partial charge in [-0.05, 0) is 19.0 Å². The van der Waals surface area contributed by atoms with Gasteiger partial charge in [0.1, 0.15) is 0 Å². The Kier molecular flexibility index (Phi) is 39.5. The maximum Gasteiger partial charge on any atom is 0.300 e. The van der Waals surface area contributed by atoms with Crippen molar-refractivity contribution < 1.29 is 39.6 Å². The monoisotopic (exact) mass is 328 g/mol. The zero-order valence-electron chi connectivity index (χ0n) is 13.6. The molecule has 0 aliphatic carbocycles. The lowest BCUT2D eigenvalue weighted by Gasteiger charge is -1.99. The Morgan fingerprint density at radius 1 is 0.682 bits per heavy atom. The topological polar surface area (TPSA) is 201 Å². The molecule has 0 aromatic heterocycles. The molecule has 10 nitrogen and oxygen atoms in total. The number of carboxylic acids is 4. The second kappa shape index (κ2) is 27.2. The van der Waals surface area contributed by atoms with E-state index < -0.39 is 23.9 Å². The van der Waals surface area contributed by atoms with Crippen LogP contribution < -0.4 is 11.5 Å². The van der Waals surface area contributed by atoms with E-state index in [1.165, 1.54) is 0 Å². The molecule has 0 aliphatic heterocycles. The molecule has 0 unspecified atom stereocenters. The molecule has 0 spiro atoms. The highest BCUT2D eigenvalue weighted by atomic mass is 16.4. The number of rotatable bonds is 2. The molecule has 0 atom stereocenters. The van der Waals surface area contributed by atoms with Crippen molar-refractivity contribution in [1.82, 2.24) is 0 Å². The zero-order valence-corrected chi connectivity index (χ0v) is 13.6. The van der Waals surface area contributed by atoms with E-state index in [9.17, 15) is 0 Å². The normalized spacial score (nSPS) is 7.27. The van der Waals surface area contributed by atoms with Gasteiger partial charge in [-0.15, -0.1) is 0 Å². The molecule has 0 aliphatic rings. The number of aliphatic carboxylic acids is 4. The predicted molar refractivity (Wildman–Crippen MR) is 80.5 cm³/mol. The first kappa shape index (κ1) is 31.9. The molecule has 0 aromatic carbocycles. The van der Waals surface area contributed by atoms with Crippen LogP contribution in [0.1, 0.15) is 34.6 Å². The van der Waals surface area contributed by atoms with E-state index in [0.717, 1.165) is 27.7 Å². The van der Waals surface area contributed by atoms with E-state index in [0.29, 0.717) is 19.0 Å². The smallest absolute Gasteiger partial charge is 0.300 e. The molecule has 0 aromatic rings. The molecule has 8 N–H and O–H groups in total. The first-order valence-electron chi connectivity index (χ1n) is 5.92. The fourth-order valence-electron chi connectivity index (χ4n) is 0.0962. The average Bonchev–Trinajstić information content (AvgIpc) is 2.24. The van der Waals surface area contributed by atoms with E-state index in [4.69, 9.17) is 51.1 Å². The van der Waals surface area contributed by atoms with E-state index in [1.807, 2.05) is 6.92 Å². The summed E-state index contributed by atoms with van der Waals surface area (Å²) < 4.78 is 0. The summed E-state index contributed by atoms with van der Waals surface area (Å²) in [5.41, 5.74) is 10.4. The van der Waals surface area contributed by atoms with Crippen molar-refractivity contribution >= 4 is 23.9 Å². The maximum absolute atomic E-state index is 9.00. The lowest BCUT2D eigenvalue weighted by molar-refractivity contribution is -0.135. The van der Waals surface area contributed by atoms with Gasteiger partial charge in [-0.1, -0.05) is 6.92 Å². The fourth-order valence-corrected chi connectivity index (χ4v) is 0.0962. The summed E-state index contributed by atoms with van der Waals surface area (Å²) in [6, 6.07) is 0. The molecule has 0 saturated carbocycles. The summed E-state index contributed by atoms with van der Waals surface area (Å²) in [4.78, 5) is 36.0. The zero-order chi connectivity index (χ0) is 19.3. The summed E-state index contributed by atoms with van der Waals surface area (Å²) >= 11 is 0. The maximum atomic E-state index is 9.00. The van der Waals surface area contributed by atoms with Gasteiger partial charge in [0, 0.05) is 27.7 Å². The Hall–Kier alpha value is -2.20. The van der Waals surface area contributed by atoms with Gasteiger partial charge in [0.25, 0.3) is 23.9 Å². The molecule has 0 fully saturated rings. The van der Waals surface area contributed by atoms with Crippen molar-refractivity contribution in [3.63, 3.8) is 0 Å². The van der Waals surface area contributed by atoms with Gasteiger partial charge in [-0.2, -0.15) is 0 Å². The predicted octanol–water partition coefficient (Wildman–Crippen LogP) is -0.0965. The second-order valence-corrected chi connectivity index (χ2v) is 3.65. The minimum Gasteiger partial charge on any atom is -0.481 e. The van der Waals surface area contributed by atoms with Gasteiger partial charge in [-0.3, -0.25) is 19.2 Å². The van der Waals surface area contributed by atoms with Gasteiger partial charge in [0.05, 0.1) is 0 Å². The number of carbonyl (C=O) groups is 4. The first-order valence-corrected chi connectivity index (χ1v) is 5.92. The molecular formula is C12H28N2O8. The van der Waals surface area contributed by atoms with Crippen LogP contribution in [0.4, 0.5) is 0 Å². The van der Waals surface area contributed by atoms with Crippen molar-refractivity contribution in [2.75, 3.05) is 13.1 Å². The molecule has 0 amide bonds. The molecule has 0 radical (unpaired) electrons. The largest absolute Gasteiger partial charge is 0.481 e. The minimum absolute atomic E-state index is 0.491. The van der Waals surface area contributed by atoms with Gasteiger partial charge in [-0.25, -0.2) is 0 Å². The van der Waals surface area contributed by atoms with E-state index in [-0.39, 0.29) is 0 Å². The molecule has 10 heteroatoms. The summed E-state index contributed by atoms with van der Waals surface area (Å²) in [7, 11) is 0. The Labute approximate surface area is 129 Å². The third-order valence-electron chi connectivity index (χ3n) is 0.805. The number of carboxylic acid groups (broad SMARTS) is 4. The van der Waals surface area contributed by atoms with Crippen LogP contribution in [-0.4, -0.2) is 57.4 Å². The minimum atomic E-state index is -0.833. The third kappa shape index (κ3) is 1550. The fraction of sp³-hybridized carbons (Fsp3) is 0.667. The highest BCUT2D eigenvalue weighted by Gasteiger charge is 1.89.